The number of fused-ring (bicyclic) bond motifs is 1. The second-order valence-corrected chi connectivity index (χ2v) is 5.06. The predicted molar refractivity (Wildman–Crippen MR) is 63.7 cm³/mol. The van der Waals surface area contributed by atoms with Gasteiger partial charge in [0, 0.05) is 22.4 Å². The maximum Gasteiger partial charge on any atom is 0.106 e. The van der Waals surface area contributed by atoms with Gasteiger partial charge in [-0.25, -0.2) is 0 Å². The predicted octanol–water partition coefficient (Wildman–Crippen LogP) is 2.92. The van der Waals surface area contributed by atoms with E-state index in [9.17, 15) is 5.11 Å². The molecule has 2 nitrogen and oxygen atoms in total. The third-order valence-corrected chi connectivity index (χ3v) is 4.01. The van der Waals surface area contributed by atoms with Crippen LogP contribution in [0.2, 0.25) is 0 Å². The number of nitrogens with zero attached hydrogens (tertiary/aromatic N) is 1. The number of para-hydroxylation sites is 1. The van der Waals surface area contributed by atoms with Gasteiger partial charge in [-0.05, 0) is 34.8 Å². The topological polar surface area (TPSA) is 25.2 Å². The third kappa shape index (κ3) is 1.20. The minimum absolute atomic E-state index is 0.591. The summed E-state index contributed by atoms with van der Waals surface area (Å²) in [5.41, 5.74) is 1.59. The standard InChI is InChI=1S/C12H12BrNO/c1-14-9-5-3-2-4-8(9)10(13)11(14)12(15)6-7-12/h2-5,15H,6-7H2,1H3. The molecule has 0 unspecified atom stereocenters. The molecule has 3 heteroatoms. The van der Waals surface area contributed by atoms with Crippen molar-refractivity contribution < 1.29 is 5.11 Å². The van der Waals surface area contributed by atoms with Crippen LogP contribution in [-0.2, 0) is 12.6 Å². The molecule has 1 fully saturated rings. The lowest BCUT2D eigenvalue weighted by Crippen LogP contribution is -2.10. The van der Waals surface area contributed by atoms with Gasteiger partial charge in [0.05, 0.1) is 5.69 Å². The molecular weight excluding hydrogens is 254 g/mol. The molecule has 0 atom stereocenters. The van der Waals surface area contributed by atoms with E-state index in [0.29, 0.717) is 0 Å². The van der Waals surface area contributed by atoms with Gasteiger partial charge < -0.3 is 9.67 Å². The second-order valence-electron chi connectivity index (χ2n) is 4.27. The summed E-state index contributed by atoms with van der Waals surface area (Å²) in [7, 11) is 2.01. The molecule has 0 radical (unpaired) electrons. The van der Waals surface area contributed by atoms with Crippen LogP contribution in [0.25, 0.3) is 10.9 Å². The molecular formula is C12H12BrNO. The van der Waals surface area contributed by atoms with Gasteiger partial charge in [0.2, 0.25) is 0 Å². The number of aromatic nitrogens is 1. The number of hydrogen-bond acceptors (Lipinski definition) is 1. The monoisotopic (exact) mass is 265 g/mol. The molecule has 78 valence electrons. The van der Waals surface area contributed by atoms with E-state index in [4.69, 9.17) is 0 Å². The number of hydrogen-bond donors (Lipinski definition) is 1. The molecule has 1 aliphatic carbocycles. The minimum Gasteiger partial charge on any atom is -0.384 e. The lowest BCUT2D eigenvalue weighted by Gasteiger charge is -2.10. The van der Waals surface area contributed by atoms with E-state index < -0.39 is 5.60 Å². The average molecular weight is 266 g/mol. The van der Waals surface area contributed by atoms with Crippen molar-refractivity contribution in [1.29, 1.82) is 0 Å². The molecule has 0 saturated heterocycles. The van der Waals surface area contributed by atoms with E-state index in [-0.39, 0.29) is 0 Å². The molecule has 3 rings (SSSR count). The van der Waals surface area contributed by atoms with Crippen LogP contribution in [0, 0.1) is 0 Å². The Balaban J connectivity index is 2.39. The van der Waals surface area contributed by atoms with Crippen molar-refractivity contribution in [1.82, 2.24) is 4.57 Å². The van der Waals surface area contributed by atoms with Gasteiger partial charge in [0.15, 0.2) is 0 Å². The van der Waals surface area contributed by atoms with Crippen LogP contribution in [0.3, 0.4) is 0 Å². The smallest absolute Gasteiger partial charge is 0.106 e. The fourth-order valence-corrected chi connectivity index (χ4v) is 3.19. The van der Waals surface area contributed by atoms with Crippen molar-refractivity contribution in [3.8, 4) is 0 Å². The van der Waals surface area contributed by atoms with Crippen molar-refractivity contribution in [3.05, 3.63) is 34.4 Å². The summed E-state index contributed by atoms with van der Waals surface area (Å²) in [4.78, 5) is 0. The van der Waals surface area contributed by atoms with Crippen molar-refractivity contribution in [2.24, 2.45) is 7.05 Å². The van der Waals surface area contributed by atoms with Crippen LogP contribution in [0.1, 0.15) is 18.5 Å². The Bertz CT molecular complexity index is 501. The quantitative estimate of drug-likeness (QED) is 0.843. The highest BCUT2D eigenvalue weighted by Gasteiger charge is 2.46. The second kappa shape index (κ2) is 2.86. The molecule has 1 aromatic heterocycles. The molecule has 1 heterocycles. The first-order valence-corrected chi connectivity index (χ1v) is 5.88. The van der Waals surface area contributed by atoms with Gasteiger partial charge in [0.1, 0.15) is 5.60 Å². The van der Waals surface area contributed by atoms with Crippen molar-refractivity contribution in [2.75, 3.05) is 0 Å². The zero-order valence-electron chi connectivity index (χ0n) is 8.50. The summed E-state index contributed by atoms with van der Waals surface area (Å²) >= 11 is 3.60. The van der Waals surface area contributed by atoms with E-state index in [2.05, 4.69) is 32.6 Å². The van der Waals surface area contributed by atoms with Crippen LogP contribution in [0.4, 0.5) is 0 Å². The van der Waals surface area contributed by atoms with Crippen molar-refractivity contribution in [2.45, 2.75) is 18.4 Å². The Labute approximate surface area is 96.6 Å². The van der Waals surface area contributed by atoms with Gasteiger partial charge in [-0.15, -0.1) is 0 Å². The van der Waals surface area contributed by atoms with Gasteiger partial charge in [-0.3, -0.25) is 0 Å². The van der Waals surface area contributed by atoms with E-state index >= 15 is 0 Å². The number of aliphatic hydroxyl groups is 1. The highest BCUT2D eigenvalue weighted by molar-refractivity contribution is 9.10. The van der Waals surface area contributed by atoms with Crippen LogP contribution >= 0.6 is 15.9 Å². The first-order valence-electron chi connectivity index (χ1n) is 5.09. The van der Waals surface area contributed by atoms with Gasteiger partial charge in [-0.2, -0.15) is 0 Å². The largest absolute Gasteiger partial charge is 0.384 e. The summed E-state index contributed by atoms with van der Waals surface area (Å²) in [6, 6.07) is 8.20. The van der Waals surface area contributed by atoms with Gasteiger partial charge in [-0.1, -0.05) is 18.2 Å². The van der Waals surface area contributed by atoms with E-state index in [1.54, 1.807) is 0 Å². The molecule has 0 spiro atoms. The van der Waals surface area contributed by atoms with Crippen LogP contribution < -0.4 is 0 Å². The number of aryl methyl sites for hydroxylation is 1. The lowest BCUT2D eigenvalue weighted by atomic mass is 10.2. The van der Waals surface area contributed by atoms with Crippen LogP contribution in [0.15, 0.2) is 28.7 Å². The molecule has 1 aliphatic rings. The molecule has 1 N–H and O–H groups in total. The minimum atomic E-state index is -0.591. The highest BCUT2D eigenvalue weighted by Crippen LogP contribution is 2.50. The summed E-state index contributed by atoms with van der Waals surface area (Å²) in [5, 5.41) is 11.4. The summed E-state index contributed by atoms with van der Waals surface area (Å²) in [5.74, 6) is 0. The zero-order chi connectivity index (χ0) is 10.6. The molecule has 0 amide bonds. The number of rotatable bonds is 1. The molecule has 0 aliphatic heterocycles. The normalized spacial score (nSPS) is 18.3. The number of benzene rings is 1. The van der Waals surface area contributed by atoms with Gasteiger partial charge >= 0.3 is 0 Å². The molecule has 0 bridgehead atoms. The maximum atomic E-state index is 10.2. The number of halogens is 1. The SMILES string of the molecule is Cn1c(C2(O)CC2)c(Br)c2ccccc21. The summed E-state index contributed by atoms with van der Waals surface area (Å²) < 4.78 is 3.13. The molecule has 2 aromatic rings. The Hall–Kier alpha value is -0.800. The maximum absolute atomic E-state index is 10.2. The molecule has 1 saturated carbocycles. The lowest BCUT2D eigenvalue weighted by molar-refractivity contribution is 0.142. The average Bonchev–Trinajstić information content (AvgIpc) is 2.91. The van der Waals surface area contributed by atoms with E-state index in [0.717, 1.165) is 23.0 Å². The van der Waals surface area contributed by atoms with Crippen LogP contribution in [-0.4, -0.2) is 9.67 Å². The van der Waals surface area contributed by atoms with E-state index in [1.165, 1.54) is 10.9 Å². The summed E-state index contributed by atoms with van der Waals surface area (Å²) in [6.07, 6.45) is 1.74. The Kier molecular flexibility index (Phi) is 1.80. The first-order chi connectivity index (χ1) is 7.13. The summed E-state index contributed by atoms with van der Waals surface area (Å²) in [6.45, 7) is 0. The van der Waals surface area contributed by atoms with Gasteiger partial charge in [0.25, 0.3) is 0 Å². The molecule has 15 heavy (non-hydrogen) atoms. The van der Waals surface area contributed by atoms with E-state index in [1.807, 2.05) is 19.2 Å². The third-order valence-electron chi connectivity index (χ3n) is 3.21. The Morgan fingerprint density at radius 2 is 2.00 bits per heavy atom. The molecule has 1 aromatic carbocycles. The zero-order valence-corrected chi connectivity index (χ0v) is 10.1. The first kappa shape index (κ1) is 9.43. The van der Waals surface area contributed by atoms with Crippen LogP contribution in [0.5, 0.6) is 0 Å². The Morgan fingerprint density at radius 3 is 2.60 bits per heavy atom. The fourth-order valence-electron chi connectivity index (χ4n) is 2.22. The Morgan fingerprint density at radius 1 is 1.33 bits per heavy atom. The van der Waals surface area contributed by atoms with Crippen molar-refractivity contribution in [3.63, 3.8) is 0 Å². The van der Waals surface area contributed by atoms with Crippen molar-refractivity contribution >= 4 is 26.8 Å². The highest BCUT2D eigenvalue weighted by atomic mass is 79.9. The fraction of sp³-hybridized carbons (Fsp3) is 0.333.